The molecule has 4 heteroatoms. The van der Waals surface area contributed by atoms with Crippen LogP contribution in [0.4, 0.5) is 4.39 Å². The Morgan fingerprint density at radius 1 is 1.47 bits per heavy atom. The van der Waals surface area contributed by atoms with Gasteiger partial charge in [-0.3, -0.25) is 9.78 Å². The summed E-state index contributed by atoms with van der Waals surface area (Å²) in [4.78, 5) is 15.5. The van der Waals surface area contributed by atoms with E-state index in [1.165, 1.54) is 12.3 Å². The number of carbonyl (C=O) groups is 1. The SMILES string of the molecule is CC(C)(C)CC(N)CC(=O)c1cncc(F)c1. The van der Waals surface area contributed by atoms with Crippen molar-refractivity contribution in [1.82, 2.24) is 4.98 Å². The van der Waals surface area contributed by atoms with Gasteiger partial charge in [0, 0.05) is 24.2 Å². The minimum absolute atomic E-state index is 0.0832. The molecule has 0 aromatic carbocycles. The molecule has 0 aliphatic rings. The maximum atomic E-state index is 12.9. The molecule has 2 N–H and O–H groups in total. The summed E-state index contributed by atoms with van der Waals surface area (Å²) in [7, 11) is 0. The van der Waals surface area contributed by atoms with Crippen molar-refractivity contribution in [3.05, 3.63) is 29.8 Å². The van der Waals surface area contributed by atoms with E-state index in [0.29, 0.717) is 0 Å². The van der Waals surface area contributed by atoms with Gasteiger partial charge >= 0.3 is 0 Å². The van der Waals surface area contributed by atoms with E-state index in [2.05, 4.69) is 25.8 Å². The van der Waals surface area contributed by atoms with Crippen LogP contribution in [0, 0.1) is 11.2 Å². The number of ketones is 1. The fourth-order valence-electron chi connectivity index (χ4n) is 1.78. The Hall–Kier alpha value is -1.29. The lowest BCUT2D eigenvalue weighted by Crippen LogP contribution is -2.29. The Bertz CT molecular complexity index is 399. The number of rotatable bonds is 4. The number of nitrogens with two attached hydrogens (primary N) is 1. The van der Waals surface area contributed by atoms with Gasteiger partial charge in [0.2, 0.25) is 0 Å². The Kier molecular flexibility index (Phi) is 4.34. The first-order valence-electron chi connectivity index (χ1n) is 5.67. The van der Waals surface area contributed by atoms with Gasteiger partial charge in [-0.05, 0) is 17.9 Å². The average molecular weight is 238 g/mol. The predicted molar refractivity (Wildman–Crippen MR) is 65.2 cm³/mol. The number of pyridine rings is 1. The van der Waals surface area contributed by atoms with Crippen molar-refractivity contribution < 1.29 is 9.18 Å². The normalized spacial score (nSPS) is 13.5. The quantitative estimate of drug-likeness (QED) is 0.820. The van der Waals surface area contributed by atoms with Gasteiger partial charge in [0.25, 0.3) is 0 Å². The minimum Gasteiger partial charge on any atom is -0.327 e. The Morgan fingerprint density at radius 2 is 2.12 bits per heavy atom. The zero-order valence-electron chi connectivity index (χ0n) is 10.5. The third-order valence-electron chi connectivity index (χ3n) is 2.35. The average Bonchev–Trinajstić information content (AvgIpc) is 2.14. The van der Waals surface area contributed by atoms with E-state index >= 15 is 0 Å². The van der Waals surface area contributed by atoms with Crippen molar-refractivity contribution in [3.8, 4) is 0 Å². The largest absolute Gasteiger partial charge is 0.327 e. The second-order valence-corrected chi connectivity index (χ2v) is 5.54. The molecule has 0 amide bonds. The summed E-state index contributed by atoms with van der Waals surface area (Å²) in [5.41, 5.74) is 6.27. The molecule has 0 saturated heterocycles. The fraction of sp³-hybridized carbons (Fsp3) is 0.538. The first-order valence-corrected chi connectivity index (χ1v) is 5.67. The van der Waals surface area contributed by atoms with Gasteiger partial charge < -0.3 is 5.73 Å². The van der Waals surface area contributed by atoms with Gasteiger partial charge in [0.05, 0.1) is 6.20 Å². The maximum absolute atomic E-state index is 12.9. The van der Waals surface area contributed by atoms with Crippen LogP contribution in [0.3, 0.4) is 0 Å². The van der Waals surface area contributed by atoms with Gasteiger partial charge in [0.15, 0.2) is 5.78 Å². The van der Waals surface area contributed by atoms with E-state index in [-0.39, 0.29) is 29.2 Å². The summed E-state index contributed by atoms with van der Waals surface area (Å²) in [5, 5.41) is 0. The van der Waals surface area contributed by atoms with Crippen LogP contribution in [-0.2, 0) is 0 Å². The summed E-state index contributed by atoms with van der Waals surface area (Å²) in [6.07, 6.45) is 3.42. The predicted octanol–water partition coefficient (Wildman–Crippen LogP) is 2.56. The van der Waals surface area contributed by atoms with Crippen molar-refractivity contribution >= 4 is 5.78 Å². The van der Waals surface area contributed by atoms with E-state index in [9.17, 15) is 9.18 Å². The van der Waals surface area contributed by atoms with Crippen LogP contribution in [0.5, 0.6) is 0 Å². The van der Waals surface area contributed by atoms with Gasteiger partial charge in [-0.15, -0.1) is 0 Å². The van der Waals surface area contributed by atoms with Crippen molar-refractivity contribution in [2.75, 3.05) is 0 Å². The zero-order chi connectivity index (χ0) is 13.1. The number of Topliss-reactive ketones (excluding diaryl/α,β-unsaturated/α-hetero) is 1. The number of nitrogens with zero attached hydrogens (tertiary/aromatic N) is 1. The van der Waals surface area contributed by atoms with Crippen molar-refractivity contribution in [2.24, 2.45) is 11.1 Å². The third-order valence-corrected chi connectivity index (χ3v) is 2.35. The van der Waals surface area contributed by atoms with Crippen LogP contribution >= 0.6 is 0 Å². The van der Waals surface area contributed by atoms with Crippen molar-refractivity contribution in [1.29, 1.82) is 0 Å². The van der Waals surface area contributed by atoms with E-state index in [0.717, 1.165) is 12.6 Å². The van der Waals surface area contributed by atoms with E-state index in [1.807, 2.05) is 0 Å². The molecular weight excluding hydrogens is 219 g/mol. The highest BCUT2D eigenvalue weighted by Gasteiger charge is 2.19. The molecule has 0 aliphatic carbocycles. The highest BCUT2D eigenvalue weighted by atomic mass is 19.1. The highest BCUT2D eigenvalue weighted by molar-refractivity contribution is 5.96. The lowest BCUT2D eigenvalue weighted by Gasteiger charge is -2.22. The number of hydrogen-bond donors (Lipinski definition) is 1. The lowest BCUT2D eigenvalue weighted by atomic mass is 9.86. The second-order valence-electron chi connectivity index (χ2n) is 5.54. The van der Waals surface area contributed by atoms with Crippen LogP contribution in [0.25, 0.3) is 0 Å². The monoisotopic (exact) mass is 238 g/mol. The summed E-state index contributed by atoms with van der Waals surface area (Å²) < 4.78 is 12.9. The Morgan fingerprint density at radius 3 is 2.65 bits per heavy atom. The molecule has 0 aliphatic heterocycles. The Labute approximate surface area is 101 Å². The molecule has 1 heterocycles. The Balaban J connectivity index is 2.61. The van der Waals surface area contributed by atoms with Crippen LogP contribution < -0.4 is 5.73 Å². The molecule has 94 valence electrons. The standard InChI is InChI=1S/C13H19FN2O/c1-13(2,3)6-11(15)5-12(17)9-4-10(14)8-16-7-9/h4,7-8,11H,5-6,15H2,1-3H3. The van der Waals surface area contributed by atoms with Gasteiger partial charge in [0.1, 0.15) is 5.82 Å². The molecule has 0 spiro atoms. The van der Waals surface area contributed by atoms with Gasteiger partial charge in [-0.25, -0.2) is 4.39 Å². The third kappa shape index (κ3) is 5.04. The van der Waals surface area contributed by atoms with Crippen molar-refractivity contribution in [3.63, 3.8) is 0 Å². The first kappa shape index (κ1) is 13.8. The molecule has 1 atom stereocenters. The number of carbonyl (C=O) groups excluding carboxylic acids is 1. The van der Waals surface area contributed by atoms with Gasteiger partial charge in [-0.1, -0.05) is 20.8 Å². The highest BCUT2D eigenvalue weighted by Crippen LogP contribution is 2.21. The van der Waals surface area contributed by atoms with Crippen molar-refractivity contribution in [2.45, 2.75) is 39.7 Å². The molecule has 1 unspecified atom stereocenters. The topological polar surface area (TPSA) is 56.0 Å². The molecule has 1 aromatic rings. The number of aromatic nitrogens is 1. The van der Waals surface area contributed by atoms with Crippen LogP contribution in [0.2, 0.25) is 0 Å². The van der Waals surface area contributed by atoms with Crippen LogP contribution in [0.1, 0.15) is 44.0 Å². The molecule has 0 bridgehead atoms. The summed E-state index contributed by atoms with van der Waals surface area (Å²) >= 11 is 0. The fourth-order valence-corrected chi connectivity index (χ4v) is 1.78. The molecule has 0 saturated carbocycles. The zero-order valence-corrected chi connectivity index (χ0v) is 10.5. The first-order chi connectivity index (χ1) is 7.78. The second kappa shape index (κ2) is 5.36. The van der Waals surface area contributed by atoms with E-state index in [4.69, 9.17) is 5.73 Å². The van der Waals surface area contributed by atoms with Crippen LogP contribution in [-0.4, -0.2) is 16.8 Å². The minimum atomic E-state index is -0.500. The molecule has 0 fully saturated rings. The molecule has 0 radical (unpaired) electrons. The maximum Gasteiger partial charge on any atom is 0.166 e. The summed E-state index contributed by atoms with van der Waals surface area (Å²) in [6, 6.07) is 0.991. The summed E-state index contributed by atoms with van der Waals surface area (Å²) in [5.74, 6) is -0.658. The number of hydrogen-bond acceptors (Lipinski definition) is 3. The lowest BCUT2D eigenvalue weighted by molar-refractivity contribution is 0.0967. The number of halogens is 1. The van der Waals surface area contributed by atoms with Gasteiger partial charge in [-0.2, -0.15) is 0 Å². The van der Waals surface area contributed by atoms with E-state index < -0.39 is 5.82 Å². The molecule has 17 heavy (non-hydrogen) atoms. The summed E-state index contributed by atoms with van der Waals surface area (Å²) in [6.45, 7) is 6.21. The smallest absolute Gasteiger partial charge is 0.166 e. The molecule has 1 aromatic heterocycles. The molecule has 3 nitrogen and oxygen atoms in total. The van der Waals surface area contributed by atoms with Crippen LogP contribution in [0.15, 0.2) is 18.5 Å². The molecular formula is C13H19FN2O. The molecule has 1 rings (SSSR count). The van der Waals surface area contributed by atoms with E-state index in [1.54, 1.807) is 0 Å².